The number of hydrogen-bond acceptors (Lipinski definition) is 3. The monoisotopic (exact) mass is 138 g/mol. The van der Waals surface area contributed by atoms with Gasteiger partial charge in [0.15, 0.2) is 0 Å². The van der Waals surface area contributed by atoms with E-state index in [-0.39, 0.29) is 0 Å². The Labute approximate surface area is 50.3 Å². The van der Waals surface area contributed by atoms with Gasteiger partial charge in [0.05, 0.1) is 0 Å². The van der Waals surface area contributed by atoms with Crippen molar-refractivity contribution in [2.24, 2.45) is 0 Å². The van der Waals surface area contributed by atoms with Gasteiger partial charge in [-0.15, -0.1) is 5.09 Å². The molecular formula is C4H13NO2P+. The summed E-state index contributed by atoms with van der Waals surface area (Å²) in [6.45, 7) is 4.21. The molecule has 0 aliphatic carbocycles. The van der Waals surface area contributed by atoms with Crippen molar-refractivity contribution in [3.8, 4) is 0 Å². The molecule has 0 rings (SSSR count). The molecule has 0 saturated carbocycles. The van der Waals surface area contributed by atoms with Crippen molar-refractivity contribution in [2.75, 3.05) is 12.7 Å². The molecule has 0 radical (unpaired) electrons. The van der Waals surface area contributed by atoms with Crippen molar-refractivity contribution in [3.63, 3.8) is 0 Å². The SMILES string of the molecule is CCN[P+](O)(O)CC. The Morgan fingerprint density at radius 1 is 1.38 bits per heavy atom. The lowest BCUT2D eigenvalue weighted by Gasteiger charge is -2.07. The molecule has 0 bridgehead atoms. The molecular weight excluding hydrogens is 125 g/mol. The van der Waals surface area contributed by atoms with Crippen LogP contribution in [-0.4, -0.2) is 22.5 Å². The first kappa shape index (κ1) is 8.31. The highest BCUT2D eigenvalue weighted by Crippen LogP contribution is 2.43. The van der Waals surface area contributed by atoms with E-state index in [0.29, 0.717) is 12.7 Å². The molecule has 0 spiro atoms. The highest BCUT2D eigenvalue weighted by Gasteiger charge is 2.27. The minimum atomic E-state index is -2.67. The van der Waals surface area contributed by atoms with Crippen LogP contribution in [0.25, 0.3) is 0 Å². The lowest BCUT2D eigenvalue weighted by molar-refractivity contribution is 0.434. The van der Waals surface area contributed by atoms with Crippen LogP contribution >= 0.6 is 7.87 Å². The largest absolute Gasteiger partial charge is 0.339 e. The van der Waals surface area contributed by atoms with Crippen molar-refractivity contribution in [1.82, 2.24) is 5.09 Å². The standard InChI is InChI=1S/C4H13NO2P/c1-3-5-8(6,7)4-2/h5-7H,3-4H2,1-2H3/q+1. The molecule has 0 aromatic heterocycles. The van der Waals surface area contributed by atoms with E-state index in [9.17, 15) is 0 Å². The third kappa shape index (κ3) is 3.33. The third-order valence-electron chi connectivity index (χ3n) is 0.852. The fourth-order valence-corrected chi connectivity index (χ4v) is 1.10. The van der Waals surface area contributed by atoms with Gasteiger partial charge in [-0.25, -0.2) is 9.79 Å². The molecule has 3 nitrogen and oxygen atoms in total. The summed E-state index contributed by atoms with van der Waals surface area (Å²) in [6, 6.07) is 0. The molecule has 0 aliphatic heterocycles. The van der Waals surface area contributed by atoms with Gasteiger partial charge in [-0.2, -0.15) is 0 Å². The van der Waals surface area contributed by atoms with Crippen LogP contribution in [0.3, 0.4) is 0 Å². The first-order valence-corrected chi connectivity index (χ1v) is 4.59. The van der Waals surface area contributed by atoms with Crippen LogP contribution in [0.4, 0.5) is 0 Å². The Morgan fingerprint density at radius 3 is 2.00 bits per heavy atom. The summed E-state index contributed by atoms with van der Waals surface area (Å²) in [5.74, 6) is 0. The predicted molar refractivity (Wildman–Crippen MR) is 35.6 cm³/mol. The zero-order valence-electron chi connectivity index (χ0n) is 5.26. The first-order valence-electron chi connectivity index (χ1n) is 2.71. The van der Waals surface area contributed by atoms with Crippen LogP contribution in [0.5, 0.6) is 0 Å². The average molecular weight is 138 g/mol. The molecule has 0 aromatic rings. The summed E-state index contributed by atoms with van der Waals surface area (Å²) < 4.78 is 0. The Morgan fingerprint density at radius 2 is 1.88 bits per heavy atom. The van der Waals surface area contributed by atoms with E-state index in [1.807, 2.05) is 6.92 Å². The molecule has 0 unspecified atom stereocenters. The Hall–Kier alpha value is 0.310. The maximum Gasteiger partial charge on any atom is 0.339 e. The van der Waals surface area contributed by atoms with Crippen molar-refractivity contribution in [2.45, 2.75) is 13.8 Å². The highest BCUT2D eigenvalue weighted by atomic mass is 31.2. The minimum Gasteiger partial charge on any atom is -0.202 e. The highest BCUT2D eigenvalue weighted by molar-refractivity contribution is 7.62. The summed E-state index contributed by atoms with van der Waals surface area (Å²) >= 11 is 0. The summed E-state index contributed by atoms with van der Waals surface area (Å²) in [5, 5.41) is 2.59. The van der Waals surface area contributed by atoms with Gasteiger partial charge in [-0.05, 0) is 13.8 Å². The Bertz CT molecular complexity index is 67.1. The van der Waals surface area contributed by atoms with Gasteiger partial charge >= 0.3 is 7.87 Å². The number of nitrogens with one attached hydrogen (secondary N) is 1. The second kappa shape index (κ2) is 3.36. The van der Waals surface area contributed by atoms with Gasteiger partial charge in [0.1, 0.15) is 6.16 Å². The van der Waals surface area contributed by atoms with Crippen LogP contribution in [-0.2, 0) is 0 Å². The van der Waals surface area contributed by atoms with E-state index in [2.05, 4.69) is 5.09 Å². The minimum absolute atomic E-state index is 0.418. The van der Waals surface area contributed by atoms with E-state index in [4.69, 9.17) is 9.79 Å². The van der Waals surface area contributed by atoms with E-state index >= 15 is 0 Å². The molecule has 8 heavy (non-hydrogen) atoms. The maximum atomic E-state index is 8.88. The van der Waals surface area contributed by atoms with Crippen LogP contribution in [0.15, 0.2) is 0 Å². The molecule has 0 atom stereocenters. The fourth-order valence-electron chi connectivity index (χ4n) is 0.365. The van der Waals surface area contributed by atoms with E-state index in [1.165, 1.54) is 0 Å². The second-order valence-electron chi connectivity index (χ2n) is 1.56. The van der Waals surface area contributed by atoms with Gasteiger partial charge in [0.2, 0.25) is 0 Å². The molecule has 0 saturated heterocycles. The van der Waals surface area contributed by atoms with Crippen molar-refractivity contribution < 1.29 is 9.79 Å². The summed E-state index contributed by atoms with van der Waals surface area (Å²) in [5.41, 5.74) is 0. The molecule has 50 valence electrons. The maximum absolute atomic E-state index is 8.88. The Kier molecular flexibility index (Phi) is 3.49. The first-order chi connectivity index (χ1) is 3.62. The van der Waals surface area contributed by atoms with Crippen LogP contribution in [0, 0.1) is 0 Å². The van der Waals surface area contributed by atoms with E-state index in [0.717, 1.165) is 0 Å². The molecule has 3 N–H and O–H groups in total. The van der Waals surface area contributed by atoms with Gasteiger partial charge in [0, 0.05) is 6.54 Å². The molecule has 0 amide bonds. The normalized spacial score (nSPS) is 12.0. The number of hydrogen-bond donors (Lipinski definition) is 3. The van der Waals surface area contributed by atoms with Crippen molar-refractivity contribution >= 4 is 7.87 Å². The van der Waals surface area contributed by atoms with Crippen molar-refractivity contribution in [3.05, 3.63) is 0 Å². The molecule has 0 heterocycles. The van der Waals surface area contributed by atoms with Gasteiger partial charge < -0.3 is 0 Å². The predicted octanol–water partition coefficient (Wildman–Crippen LogP) is 0.363. The van der Waals surface area contributed by atoms with Gasteiger partial charge in [-0.1, -0.05) is 0 Å². The lowest BCUT2D eigenvalue weighted by Crippen LogP contribution is -2.15. The van der Waals surface area contributed by atoms with Crippen LogP contribution < -0.4 is 5.09 Å². The molecule has 4 heteroatoms. The quantitative estimate of drug-likeness (QED) is 0.493. The summed E-state index contributed by atoms with van der Waals surface area (Å²) in [6.07, 6.45) is 0.418. The second-order valence-corrected chi connectivity index (χ2v) is 3.97. The van der Waals surface area contributed by atoms with E-state index in [1.54, 1.807) is 6.92 Å². The van der Waals surface area contributed by atoms with E-state index < -0.39 is 7.87 Å². The Balaban J connectivity index is 3.37. The smallest absolute Gasteiger partial charge is 0.202 e. The van der Waals surface area contributed by atoms with Crippen LogP contribution in [0.1, 0.15) is 13.8 Å². The molecule has 0 aliphatic rings. The molecule has 0 fully saturated rings. The number of rotatable bonds is 3. The zero-order valence-corrected chi connectivity index (χ0v) is 6.15. The van der Waals surface area contributed by atoms with Gasteiger partial charge in [0.25, 0.3) is 0 Å². The summed E-state index contributed by atoms with van der Waals surface area (Å²) in [4.78, 5) is 17.8. The fraction of sp³-hybridized carbons (Fsp3) is 1.00. The van der Waals surface area contributed by atoms with Gasteiger partial charge in [-0.3, -0.25) is 0 Å². The lowest BCUT2D eigenvalue weighted by atomic mass is 10.8. The topological polar surface area (TPSA) is 52.5 Å². The zero-order chi connectivity index (χ0) is 6.62. The van der Waals surface area contributed by atoms with Crippen molar-refractivity contribution in [1.29, 1.82) is 0 Å². The van der Waals surface area contributed by atoms with Crippen LogP contribution in [0.2, 0.25) is 0 Å². The average Bonchev–Trinajstić information content (AvgIpc) is 1.67. The molecule has 0 aromatic carbocycles. The third-order valence-corrected chi connectivity index (χ3v) is 2.56. The summed E-state index contributed by atoms with van der Waals surface area (Å²) in [7, 11) is -2.67.